The average molecular weight is 368 g/mol. The predicted octanol–water partition coefficient (Wildman–Crippen LogP) is 7.04. The first-order chi connectivity index (χ1) is 13.5. The van der Waals surface area contributed by atoms with Crippen LogP contribution in [0.15, 0.2) is 60.7 Å². The van der Waals surface area contributed by atoms with Crippen molar-refractivity contribution in [2.75, 3.05) is 4.90 Å². The Labute approximate surface area is 169 Å². The third-order valence-electron chi connectivity index (χ3n) is 7.01. The lowest BCUT2D eigenvalue weighted by Crippen LogP contribution is -2.17. The number of hydrogen-bond donors (Lipinski definition) is 0. The van der Waals surface area contributed by atoms with E-state index in [1.54, 1.807) is 0 Å². The molecule has 0 atom stereocenters. The van der Waals surface area contributed by atoms with Crippen LogP contribution in [0.4, 0.5) is 17.1 Å². The normalized spacial score (nSPS) is 14.5. The van der Waals surface area contributed by atoms with Crippen LogP contribution >= 0.6 is 0 Å². The summed E-state index contributed by atoms with van der Waals surface area (Å²) in [6, 6.07) is 23.2. The van der Waals surface area contributed by atoms with Gasteiger partial charge in [0.2, 0.25) is 0 Å². The Hall–Kier alpha value is -2.54. The van der Waals surface area contributed by atoms with Crippen LogP contribution in [0.5, 0.6) is 0 Å². The van der Waals surface area contributed by atoms with Crippen molar-refractivity contribution < 1.29 is 0 Å². The Morgan fingerprint density at radius 2 is 1.11 bits per heavy atom. The van der Waals surface area contributed by atoms with Gasteiger partial charge < -0.3 is 4.90 Å². The molecule has 0 bridgehead atoms. The first kappa shape index (κ1) is 17.6. The number of rotatable bonds is 5. The maximum atomic E-state index is 2.43. The quantitative estimate of drug-likeness (QED) is 0.467. The average Bonchev–Trinajstić information content (AvgIpc) is 2.66. The zero-order chi connectivity index (χ0) is 19.3. The topological polar surface area (TPSA) is 3.24 Å². The number of fused-ring (bicyclic) bond motifs is 2. The lowest BCUT2D eigenvalue weighted by atomic mass is 9.82. The summed E-state index contributed by atoms with van der Waals surface area (Å²) in [5.74, 6) is 0. The van der Waals surface area contributed by atoms with Gasteiger partial charge in [-0.3, -0.25) is 0 Å². The minimum Gasteiger partial charge on any atom is -0.310 e. The summed E-state index contributed by atoms with van der Waals surface area (Å²) in [5.41, 5.74) is 11.5. The number of anilines is 3. The van der Waals surface area contributed by atoms with E-state index in [0.717, 1.165) is 6.42 Å². The highest BCUT2D eigenvalue weighted by Gasteiger charge is 2.22. The van der Waals surface area contributed by atoms with Crippen LogP contribution in [0.3, 0.4) is 0 Å². The molecule has 2 aliphatic rings. The summed E-state index contributed by atoms with van der Waals surface area (Å²) >= 11 is 0. The fourth-order valence-electron chi connectivity index (χ4n) is 4.35. The van der Waals surface area contributed by atoms with E-state index in [4.69, 9.17) is 0 Å². The Morgan fingerprint density at radius 1 is 0.643 bits per heavy atom. The molecule has 0 N–H and O–H groups in total. The molecule has 28 heavy (non-hydrogen) atoms. The molecule has 0 unspecified atom stereocenters. The van der Waals surface area contributed by atoms with Gasteiger partial charge in [0.05, 0.1) is 0 Å². The zero-order valence-electron chi connectivity index (χ0n) is 17.3. The van der Waals surface area contributed by atoms with Gasteiger partial charge >= 0.3 is 0 Å². The van der Waals surface area contributed by atoms with Gasteiger partial charge in [0.1, 0.15) is 0 Å². The van der Waals surface area contributed by atoms with Crippen molar-refractivity contribution in [3.63, 3.8) is 0 Å². The van der Waals surface area contributed by atoms with Crippen LogP contribution < -0.4 is 4.90 Å². The summed E-state index contributed by atoms with van der Waals surface area (Å²) in [6.45, 7) is 6.92. The van der Waals surface area contributed by atoms with Gasteiger partial charge in [-0.15, -0.1) is 0 Å². The number of hydrogen-bond acceptors (Lipinski definition) is 1. The minimum absolute atomic E-state index is 0.217. The maximum absolute atomic E-state index is 2.43. The summed E-state index contributed by atoms with van der Waals surface area (Å²) < 4.78 is 0. The highest BCUT2D eigenvalue weighted by atomic mass is 15.1. The van der Waals surface area contributed by atoms with Crippen molar-refractivity contribution >= 4 is 17.1 Å². The molecule has 0 spiro atoms. The molecule has 0 heterocycles. The lowest BCUT2D eigenvalue weighted by molar-refractivity contribution is 0.506. The lowest BCUT2D eigenvalue weighted by Gasteiger charge is -2.31. The van der Waals surface area contributed by atoms with Gasteiger partial charge in [-0.05, 0) is 102 Å². The molecule has 0 saturated heterocycles. The van der Waals surface area contributed by atoms with Gasteiger partial charge in [0.25, 0.3) is 0 Å². The largest absolute Gasteiger partial charge is 0.310 e. The van der Waals surface area contributed by atoms with E-state index in [2.05, 4.69) is 86.3 Å². The van der Waals surface area contributed by atoms with E-state index in [9.17, 15) is 0 Å². The van der Waals surface area contributed by atoms with Crippen molar-refractivity contribution in [1.82, 2.24) is 0 Å². The van der Waals surface area contributed by atoms with Crippen LogP contribution in [0.25, 0.3) is 0 Å². The smallest absolute Gasteiger partial charge is 0.0464 e. The second-order valence-corrected chi connectivity index (χ2v) is 9.03. The summed E-state index contributed by atoms with van der Waals surface area (Å²) in [5, 5.41) is 0. The summed E-state index contributed by atoms with van der Waals surface area (Å²) in [7, 11) is 0. The Bertz CT molecular complexity index is 971. The molecule has 2 aliphatic carbocycles. The van der Waals surface area contributed by atoms with Gasteiger partial charge in [-0.2, -0.15) is 0 Å². The molecule has 3 aromatic carbocycles. The van der Waals surface area contributed by atoms with E-state index in [0.29, 0.717) is 0 Å². The maximum Gasteiger partial charge on any atom is 0.0464 e. The molecule has 5 rings (SSSR count). The van der Waals surface area contributed by atoms with Crippen LogP contribution in [-0.4, -0.2) is 0 Å². The molecule has 1 nitrogen and oxygen atoms in total. The molecule has 0 radical (unpaired) electrons. The summed E-state index contributed by atoms with van der Waals surface area (Å²) in [4.78, 5) is 2.43. The first-order valence-corrected chi connectivity index (χ1v) is 10.7. The SMILES string of the molecule is CCC(C)(C)c1ccc(N(c2ccc3c(c2)CC3)c2ccc3c(c2)CC3)cc1. The standard InChI is InChI=1S/C27H29N/c1-4-27(2,3)23-11-15-24(16-12-23)28(25-13-9-19-5-7-21(19)17-25)26-14-10-20-6-8-22(20)18-26/h9-18H,4-8H2,1-3H3. The van der Waals surface area contributed by atoms with Crippen molar-refractivity contribution in [2.45, 2.75) is 58.3 Å². The van der Waals surface area contributed by atoms with Gasteiger partial charge in [0, 0.05) is 17.1 Å². The number of aryl methyl sites for hydroxylation is 4. The van der Waals surface area contributed by atoms with Gasteiger partial charge in [-0.25, -0.2) is 0 Å². The molecule has 0 aliphatic heterocycles. The van der Waals surface area contributed by atoms with Crippen LogP contribution in [0, 0.1) is 0 Å². The van der Waals surface area contributed by atoms with Crippen molar-refractivity contribution in [1.29, 1.82) is 0 Å². The van der Waals surface area contributed by atoms with E-state index < -0.39 is 0 Å². The molecule has 0 fully saturated rings. The van der Waals surface area contributed by atoms with Crippen molar-refractivity contribution in [2.24, 2.45) is 0 Å². The predicted molar refractivity (Wildman–Crippen MR) is 119 cm³/mol. The second-order valence-electron chi connectivity index (χ2n) is 9.03. The molecule has 142 valence electrons. The molecule has 0 saturated carbocycles. The van der Waals surface area contributed by atoms with Crippen LogP contribution in [0.1, 0.15) is 55.0 Å². The molecule has 3 aromatic rings. The fourth-order valence-corrected chi connectivity index (χ4v) is 4.35. The van der Waals surface area contributed by atoms with E-state index >= 15 is 0 Å². The highest BCUT2D eigenvalue weighted by molar-refractivity contribution is 5.78. The van der Waals surface area contributed by atoms with E-state index in [1.165, 1.54) is 70.6 Å². The van der Waals surface area contributed by atoms with E-state index in [1.807, 2.05) is 0 Å². The van der Waals surface area contributed by atoms with Crippen molar-refractivity contribution in [3.8, 4) is 0 Å². The zero-order valence-corrected chi connectivity index (χ0v) is 17.3. The summed E-state index contributed by atoms with van der Waals surface area (Å²) in [6.07, 6.45) is 6.03. The first-order valence-electron chi connectivity index (χ1n) is 10.7. The number of benzene rings is 3. The number of nitrogens with zero attached hydrogens (tertiary/aromatic N) is 1. The molecule has 1 heteroatoms. The third-order valence-corrected chi connectivity index (χ3v) is 7.01. The van der Waals surface area contributed by atoms with Crippen LogP contribution in [0.2, 0.25) is 0 Å². The second kappa shape index (κ2) is 6.51. The molecular formula is C27H29N. The Kier molecular flexibility index (Phi) is 4.08. The van der Waals surface area contributed by atoms with Crippen LogP contribution in [-0.2, 0) is 31.1 Å². The van der Waals surface area contributed by atoms with Crippen molar-refractivity contribution in [3.05, 3.63) is 88.5 Å². The van der Waals surface area contributed by atoms with E-state index in [-0.39, 0.29) is 5.41 Å². The fraction of sp³-hybridized carbons (Fsp3) is 0.333. The Balaban J connectivity index is 1.59. The minimum atomic E-state index is 0.217. The monoisotopic (exact) mass is 367 g/mol. The van der Waals surface area contributed by atoms with Gasteiger partial charge in [-0.1, -0.05) is 45.0 Å². The molecular weight excluding hydrogens is 338 g/mol. The van der Waals surface area contributed by atoms with Gasteiger partial charge in [0.15, 0.2) is 0 Å². The third kappa shape index (κ3) is 2.85. The molecule has 0 aromatic heterocycles. The molecule has 0 amide bonds. The Morgan fingerprint density at radius 3 is 1.50 bits per heavy atom. The highest BCUT2D eigenvalue weighted by Crippen LogP contribution is 2.40.